The van der Waals surface area contributed by atoms with Gasteiger partial charge in [0.25, 0.3) is 5.69 Å². The van der Waals surface area contributed by atoms with Crippen LogP contribution in [0.3, 0.4) is 0 Å². The second kappa shape index (κ2) is 9.06. The van der Waals surface area contributed by atoms with Crippen molar-refractivity contribution >= 4 is 46.3 Å². The molecular weight excluding hydrogens is 524 g/mol. The maximum atomic E-state index is 14.0. The number of nitro benzene ring substituents is 1. The number of carbonyl (C=O) groups is 3. The number of benzene rings is 3. The van der Waals surface area contributed by atoms with Crippen LogP contribution >= 0.6 is 11.6 Å². The first-order valence-electron chi connectivity index (χ1n) is 12.2. The van der Waals surface area contributed by atoms with Gasteiger partial charge in [-0.05, 0) is 47.9 Å². The van der Waals surface area contributed by atoms with Crippen LogP contribution in [-0.2, 0) is 14.4 Å². The summed E-state index contributed by atoms with van der Waals surface area (Å²) in [6.45, 7) is 1.88. The summed E-state index contributed by atoms with van der Waals surface area (Å²) in [5.41, 5.74) is 2.52. The Morgan fingerprint density at radius 1 is 0.974 bits per heavy atom. The Morgan fingerprint density at radius 3 is 2.38 bits per heavy atom. The molecular formula is C29H21ClN2O7. The minimum Gasteiger partial charge on any atom is -0.497 e. The summed E-state index contributed by atoms with van der Waals surface area (Å²) in [4.78, 5) is 53.2. The van der Waals surface area contributed by atoms with Crippen molar-refractivity contribution in [2.75, 3.05) is 12.0 Å². The molecule has 2 aliphatic heterocycles. The van der Waals surface area contributed by atoms with E-state index in [4.69, 9.17) is 21.1 Å². The number of esters is 1. The molecule has 1 aliphatic carbocycles. The molecule has 10 heteroatoms. The van der Waals surface area contributed by atoms with E-state index >= 15 is 0 Å². The van der Waals surface area contributed by atoms with Gasteiger partial charge in [0, 0.05) is 23.6 Å². The van der Waals surface area contributed by atoms with E-state index in [1.165, 1.54) is 12.1 Å². The largest absolute Gasteiger partial charge is 0.497 e. The van der Waals surface area contributed by atoms with Crippen LogP contribution < -0.4 is 14.4 Å². The highest BCUT2D eigenvalue weighted by Crippen LogP contribution is 2.55. The summed E-state index contributed by atoms with van der Waals surface area (Å²) < 4.78 is 10.9. The van der Waals surface area contributed by atoms with Crippen LogP contribution in [-0.4, -0.2) is 29.8 Å². The second-order valence-corrected chi connectivity index (χ2v) is 10.2. The predicted molar refractivity (Wildman–Crippen MR) is 142 cm³/mol. The Hall–Kier alpha value is -4.50. The maximum Gasteiger partial charge on any atom is 0.319 e. The molecule has 2 heterocycles. The number of rotatable bonds is 4. The molecule has 4 atom stereocenters. The van der Waals surface area contributed by atoms with E-state index in [0.29, 0.717) is 22.6 Å². The summed E-state index contributed by atoms with van der Waals surface area (Å²) >= 11 is 6.36. The van der Waals surface area contributed by atoms with Gasteiger partial charge in [-0.25, -0.2) is 4.90 Å². The highest BCUT2D eigenvalue weighted by Gasteiger charge is 2.60. The molecule has 9 nitrogen and oxygen atoms in total. The molecule has 6 rings (SSSR count). The number of ether oxygens (including phenoxy) is 2. The molecule has 3 aromatic carbocycles. The normalized spacial score (nSPS) is 23.4. The SMILES string of the molecule is COc1ccc([C@@H]2C=C3c4ccc(C)cc4OC(=O)[C@@H]3[C@H]3C(=O)N(c4cc([N+](=O)[O-])ccc4Cl)C(=O)[C@@H]32)cc1. The molecule has 1 saturated heterocycles. The molecule has 3 aromatic rings. The first kappa shape index (κ1) is 24.8. The lowest BCUT2D eigenvalue weighted by atomic mass is 9.64. The number of hydrogen-bond donors (Lipinski definition) is 0. The number of imide groups is 1. The van der Waals surface area contributed by atoms with Crippen molar-refractivity contribution in [3.8, 4) is 11.5 Å². The number of nitrogens with zero attached hydrogens (tertiary/aromatic N) is 2. The monoisotopic (exact) mass is 544 g/mol. The van der Waals surface area contributed by atoms with Gasteiger partial charge in [-0.2, -0.15) is 0 Å². The van der Waals surface area contributed by atoms with Crippen molar-refractivity contribution in [1.29, 1.82) is 0 Å². The Labute approximate surface area is 227 Å². The fourth-order valence-corrected chi connectivity index (χ4v) is 6.05. The number of aryl methyl sites for hydroxylation is 1. The van der Waals surface area contributed by atoms with Crippen LogP contribution in [0.1, 0.15) is 22.6 Å². The summed E-state index contributed by atoms with van der Waals surface area (Å²) in [5.74, 6) is -4.53. The quantitative estimate of drug-likeness (QED) is 0.148. The number of halogens is 1. The van der Waals surface area contributed by atoms with Gasteiger partial charge >= 0.3 is 5.97 Å². The number of hydrogen-bond acceptors (Lipinski definition) is 7. The fraction of sp³-hybridized carbons (Fsp3) is 0.207. The number of carbonyl (C=O) groups excluding carboxylic acids is 3. The first-order chi connectivity index (χ1) is 18.7. The van der Waals surface area contributed by atoms with Crippen LogP contribution in [0.5, 0.6) is 11.5 Å². The summed E-state index contributed by atoms with van der Waals surface area (Å²) in [5, 5.41) is 11.5. The summed E-state index contributed by atoms with van der Waals surface area (Å²) in [6.07, 6.45) is 1.87. The number of fused-ring (bicyclic) bond motifs is 5. The van der Waals surface area contributed by atoms with E-state index in [9.17, 15) is 24.5 Å². The standard InChI is InChI=1S/C29H21ClN2O7/c1-14-3-9-18-20-13-19(15-4-7-17(38-2)8-5-15)24-26(25(20)29(35)39-23(18)11-14)28(34)31(27(24)33)22-12-16(32(36)37)6-10-21(22)30/h3-13,19,24-26H,1-2H3/t19-,24+,25-,26-/m0/s1. The Morgan fingerprint density at radius 2 is 1.69 bits per heavy atom. The molecule has 0 spiro atoms. The van der Waals surface area contributed by atoms with Crippen molar-refractivity contribution in [3.05, 3.63) is 98.6 Å². The van der Waals surface area contributed by atoms with Gasteiger partial charge < -0.3 is 9.47 Å². The lowest BCUT2D eigenvalue weighted by molar-refractivity contribution is -0.384. The maximum absolute atomic E-state index is 14.0. The zero-order valence-corrected chi connectivity index (χ0v) is 21.5. The van der Waals surface area contributed by atoms with Gasteiger partial charge in [-0.1, -0.05) is 41.9 Å². The topological polar surface area (TPSA) is 116 Å². The third-order valence-corrected chi connectivity index (χ3v) is 7.95. The summed E-state index contributed by atoms with van der Waals surface area (Å²) in [7, 11) is 1.55. The van der Waals surface area contributed by atoms with Crippen LogP contribution in [0.15, 0.2) is 66.7 Å². The van der Waals surface area contributed by atoms with Crippen molar-refractivity contribution in [2.24, 2.45) is 17.8 Å². The Balaban J connectivity index is 1.55. The lowest BCUT2D eigenvalue weighted by Crippen LogP contribution is -2.42. The van der Waals surface area contributed by atoms with Gasteiger partial charge in [-0.3, -0.25) is 24.5 Å². The van der Waals surface area contributed by atoms with E-state index in [1.807, 2.05) is 37.3 Å². The molecule has 0 saturated carbocycles. The number of non-ortho nitro benzene ring substituents is 1. The van der Waals surface area contributed by atoms with Crippen molar-refractivity contribution in [2.45, 2.75) is 12.8 Å². The Bertz CT molecular complexity index is 1610. The van der Waals surface area contributed by atoms with Gasteiger partial charge in [0.2, 0.25) is 11.8 Å². The number of amides is 2. The molecule has 3 aliphatic rings. The van der Waals surface area contributed by atoms with E-state index < -0.39 is 46.4 Å². The molecule has 0 radical (unpaired) electrons. The Kier molecular flexibility index (Phi) is 5.76. The van der Waals surface area contributed by atoms with Crippen molar-refractivity contribution in [1.82, 2.24) is 0 Å². The predicted octanol–water partition coefficient (Wildman–Crippen LogP) is 5.09. The average molecular weight is 545 g/mol. The smallest absolute Gasteiger partial charge is 0.319 e. The van der Waals surface area contributed by atoms with E-state index in [1.54, 1.807) is 25.3 Å². The highest BCUT2D eigenvalue weighted by atomic mass is 35.5. The van der Waals surface area contributed by atoms with E-state index in [0.717, 1.165) is 22.1 Å². The summed E-state index contributed by atoms with van der Waals surface area (Å²) in [6, 6.07) is 16.2. The van der Waals surface area contributed by atoms with Gasteiger partial charge in [0.15, 0.2) is 0 Å². The molecule has 39 heavy (non-hydrogen) atoms. The van der Waals surface area contributed by atoms with Gasteiger partial charge in [0.1, 0.15) is 11.5 Å². The molecule has 0 unspecified atom stereocenters. The van der Waals surface area contributed by atoms with E-state index in [-0.39, 0.29) is 16.4 Å². The lowest BCUT2D eigenvalue weighted by Gasteiger charge is -2.38. The van der Waals surface area contributed by atoms with Gasteiger partial charge in [0.05, 0.1) is 40.5 Å². The molecule has 2 amide bonds. The number of anilines is 1. The third kappa shape index (κ3) is 3.80. The first-order valence-corrected chi connectivity index (χ1v) is 12.6. The average Bonchev–Trinajstić information content (AvgIpc) is 3.18. The van der Waals surface area contributed by atoms with Crippen LogP contribution in [0.4, 0.5) is 11.4 Å². The fourth-order valence-electron chi connectivity index (χ4n) is 5.84. The zero-order valence-electron chi connectivity index (χ0n) is 20.8. The third-order valence-electron chi connectivity index (χ3n) is 7.63. The number of nitro groups is 1. The molecule has 0 aromatic heterocycles. The van der Waals surface area contributed by atoms with Gasteiger partial charge in [-0.15, -0.1) is 0 Å². The van der Waals surface area contributed by atoms with Crippen molar-refractivity contribution < 1.29 is 28.8 Å². The minimum atomic E-state index is -1.10. The zero-order chi connectivity index (χ0) is 27.6. The van der Waals surface area contributed by atoms with Crippen LogP contribution in [0.2, 0.25) is 5.02 Å². The molecule has 0 bridgehead atoms. The molecule has 196 valence electrons. The number of methoxy groups -OCH3 is 1. The molecule has 1 fully saturated rings. The second-order valence-electron chi connectivity index (χ2n) is 9.78. The highest BCUT2D eigenvalue weighted by molar-refractivity contribution is 6.36. The van der Waals surface area contributed by atoms with Crippen LogP contribution in [0, 0.1) is 34.8 Å². The molecule has 0 N–H and O–H groups in total. The van der Waals surface area contributed by atoms with Crippen LogP contribution in [0.25, 0.3) is 5.57 Å². The van der Waals surface area contributed by atoms with Crippen molar-refractivity contribution in [3.63, 3.8) is 0 Å². The minimum absolute atomic E-state index is 0.00201. The number of allylic oxidation sites excluding steroid dienone is 1. The van der Waals surface area contributed by atoms with E-state index in [2.05, 4.69) is 0 Å².